The summed E-state index contributed by atoms with van der Waals surface area (Å²) in [7, 11) is 0. The quantitative estimate of drug-likeness (QED) is 0.796. The Labute approximate surface area is 123 Å². The summed E-state index contributed by atoms with van der Waals surface area (Å²) in [5.74, 6) is 0. The number of rotatable bonds is 2. The van der Waals surface area contributed by atoms with Crippen molar-refractivity contribution >= 4 is 50.5 Å². The van der Waals surface area contributed by atoms with Gasteiger partial charge < -0.3 is 5.32 Å². The predicted molar refractivity (Wildman–Crippen MR) is 78.6 cm³/mol. The molecule has 0 saturated carbocycles. The predicted octanol–water partition coefficient (Wildman–Crippen LogP) is 5.37. The SMILES string of the molecule is N#Cc1cc(Br)ccc1Nc1cc(Cl)ccc1Cl. The van der Waals surface area contributed by atoms with Gasteiger partial charge in [0.2, 0.25) is 0 Å². The summed E-state index contributed by atoms with van der Waals surface area (Å²) in [6.07, 6.45) is 0. The van der Waals surface area contributed by atoms with E-state index in [-0.39, 0.29) is 0 Å². The molecule has 18 heavy (non-hydrogen) atoms. The number of benzene rings is 2. The van der Waals surface area contributed by atoms with Gasteiger partial charge in [-0.1, -0.05) is 39.1 Å². The minimum absolute atomic E-state index is 0.528. The molecule has 2 aromatic carbocycles. The third-order valence-corrected chi connectivity index (χ3v) is 3.36. The Bertz CT molecular complexity index is 635. The molecule has 0 aliphatic heterocycles. The minimum atomic E-state index is 0.528. The van der Waals surface area contributed by atoms with Gasteiger partial charge >= 0.3 is 0 Å². The van der Waals surface area contributed by atoms with Crippen LogP contribution >= 0.6 is 39.1 Å². The van der Waals surface area contributed by atoms with Crippen LogP contribution in [0.15, 0.2) is 40.9 Å². The molecule has 2 aromatic rings. The molecule has 0 heterocycles. The molecule has 0 unspecified atom stereocenters. The van der Waals surface area contributed by atoms with E-state index in [0.717, 1.165) is 4.47 Å². The molecule has 0 radical (unpaired) electrons. The molecule has 0 aliphatic rings. The van der Waals surface area contributed by atoms with Crippen LogP contribution in [-0.2, 0) is 0 Å². The Balaban J connectivity index is 2.40. The van der Waals surface area contributed by atoms with E-state index < -0.39 is 0 Å². The number of halogens is 3. The van der Waals surface area contributed by atoms with Crippen molar-refractivity contribution in [3.8, 4) is 6.07 Å². The molecular formula is C13H7BrCl2N2. The molecule has 0 saturated heterocycles. The van der Waals surface area contributed by atoms with Gasteiger partial charge in [-0.3, -0.25) is 0 Å². The summed E-state index contributed by atoms with van der Waals surface area (Å²) in [4.78, 5) is 0. The Kier molecular flexibility index (Phi) is 4.13. The maximum Gasteiger partial charge on any atom is 0.101 e. The maximum atomic E-state index is 9.07. The summed E-state index contributed by atoms with van der Waals surface area (Å²) in [5, 5.41) is 13.3. The highest BCUT2D eigenvalue weighted by atomic mass is 79.9. The third-order valence-electron chi connectivity index (χ3n) is 2.30. The van der Waals surface area contributed by atoms with Crippen molar-refractivity contribution in [3.63, 3.8) is 0 Å². The lowest BCUT2D eigenvalue weighted by Crippen LogP contribution is -1.94. The first-order valence-electron chi connectivity index (χ1n) is 5.02. The van der Waals surface area contributed by atoms with Crippen molar-refractivity contribution < 1.29 is 0 Å². The van der Waals surface area contributed by atoms with Crippen LogP contribution in [0.3, 0.4) is 0 Å². The fourth-order valence-electron chi connectivity index (χ4n) is 1.46. The van der Waals surface area contributed by atoms with Crippen LogP contribution in [0.5, 0.6) is 0 Å². The van der Waals surface area contributed by atoms with Crippen LogP contribution in [0, 0.1) is 11.3 Å². The molecule has 0 aliphatic carbocycles. The van der Waals surface area contributed by atoms with E-state index in [9.17, 15) is 0 Å². The van der Waals surface area contributed by atoms with Gasteiger partial charge in [0.1, 0.15) is 6.07 Å². The molecule has 0 atom stereocenters. The first kappa shape index (κ1) is 13.2. The van der Waals surface area contributed by atoms with Gasteiger partial charge in [-0.2, -0.15) is 5.26 Å². The molecule has 5 heteroatoms. The molecule has 90 valence electrons. The summed E-state index contributed by atoms with van der Waals surface area (Å²) < 4.78 is 0.849. The number of nitriles is 1. The smallest absolute Gasteiger partial charge is 0.101 e. The van der Waals surface area contributed by atoms with Gasteiger partial charge in [0.05, 0.1) is 22.0 Å². The second kappa shape index (κ2) is 5.62. The van der Waals surface area contributed by atoms with Crippen LogP contribution in [0.2, 0.25) is 10.0 Å². The highest BCUT2D eigenvalue weighted by molar-refractivity contribution is 9.10. The number of hydrogen-bond acceptors (Lipinski definition) is 2. The topological polar surface area (TPSA) is 35.8 Å². The van der Waals surface area contributed by atoms with Crippen molar-refractivity contribution in [2.45, 2.75) is 0 Å². The minimum Gasteiger partial charge on any atom is -0.353 e. The Morgan fingerprint density at radius 1 is 1.06 bits per heavy atom. The molecule has 2 nitrogen and oxygen atoms in total. The van der Waals surface area contributed by atoms with Crippen molar-refractivity contribution in [3.05, 3.63) is 56.5 Å². The Hall–Kier alpha value is -1.21. The van der Waals surface area contributed by atoms with Crippen LogP contribution in [-0.4, -0.2) is 0 Å². The standard InChI is InChI=1S/C13H7BrCl2N2/c14-9-1-4-12(8(5-9)7-17)18-13-6-10(15)2-3-11(13)16/h1-6,18H. The van der Waals surface area contributed by atoms with Crippen molar-refractivity contribution in [2.24, 2.45) is 0 Å². The van der Waals surface area contributed by atoms with Gasteiger partial charge in [-0.05, 0) is 36.4 Å². The zero-order valence-electron chi connectivity index (χ0n) is 9.05. The highest BCUT2D eigenvalue weighted by Crippen LogP contribution is 2.30. The average molecular weight is 342 g/mol. The molecule has 0 amide bonds. The van der Waals surface area contributed by atoms with E-state index in [2.05, 4.69) is 27.3 Å². The fourth-order valence-corrected chi connectivity index (χ4v) is 2.15. The van der Waals surface area contributed by atoms with Crippen LogP contribution in [0.1, 0.15) is 5.56 Å². The van der Waals surface area contributed by atoms with Gasteiger partial charge in [-0.15, -0.1) is 0 Å². The van der Waals surface area contributed by atoms with Crippen LogP contribution in [0.25, 0.3) is 0 Å². The lowest BCUT2D eigenvalue weighted by atomic mass is 10.2. The molecule has 0 bridgehead atoms. The highest BCUT2D eigenvalue weighted by Gasteiger charge is 2.06. The van der Waals surface area contributed by atoms with Crippen LogP contribution in [0.4, 0.5) is 11.4 Å². The zero-order valence-corrected chi connectivity index (χ0v) is 12.1. The van der Waals surface area contributed by atoms with E-state index in [0.29, 0.717) is 27.0 Å². The Morgan fingerprint density at radius 2 is 1.83 bits per heavy atom. The van der Waals surface area contributed by atoms with E-state index in [1.807, 2.05) is 6.07 Å². The summed E-state index contributed by atoms with van der Waals surface area (Å²) in [6.45, 7) is 0. The van der Waals surface area contributed by atoms with Crippen molar-refractivity contribution in [1.29, 1.82) is 5.26 Å². The fraction of sp³-hybridized carbons (Fsp3) is 0. The summed E-state index contributed by atoms with van der Waals surface area (Å²) in [6, 6.07) is 12.6. The number of anilines is 2. The van der Waals surface area contributed by atoms with Gasteiger partial charge in [0.15, 0.2) is 0 Å². The number of nitrogens with zero attached hydrogens (tertiary/aromatic N) is 1. The first-order valence-corrected chi connectivity index (χ1v) is 6.57. The monoisotopic (exact) mass is 340 g/mol. The van der Waals surface area contributed by atoms with Crippen molar-refractivity contribution in [1.82, 2.24) is 0 Å². The zero-order chi connectivity index (χ0) is 13.1. The molecule has 1 N–H and O–H groups in total. The van der Waals surface area contributed by atoms with Crippen molar-refractivity contribution in [2.75, 3.05) is 5.32 Å². The summed E-state index contributed by atoms with van der Waals surface area (Å²) >= 11 is 15.3. The second-order valence-electron chi connectivity index (χ2n) is 3.55. The average Bonchev–Trinajstić information content (AvgIpc) is 2.36. The van der Waals surface area contributed by atoms with Gasteiger partial charge in [0.25, 0.3) is 0 Å². The lowest BCUT2D eigenvalue weighted by molar-refractivity contribution is 1.45. The molecule has 2 rings (SSSR count). The normalized spacial score (nSPS) is 9.89. The second-order valence-corrected chi connectivity index (χ2v) is 5.31. The molecule has 0 fully saturated rings. The maximum absolute atomic E-state index is 9.07. The number of nitrogens with one attached hydrogen (secondary N) is 1. The van der Waals surface area contributed by atoms with Crippen LogP contribution < -0.4 is 5.32 Å². The largest absolute Gasteiger partial charge is 0.353 e. The van der Waals surface area contributed by atoms with E-state index in [4.69, 9.17) is 28.5 Å². The lowest BCUT2D eigenvalue weighted by Gasteiger charge is -2.10. The molecule has 0 aromatic heterocycles. The molecule has 0 spiro atoms. The van der Waals surface area contributed by atoms with Gasteiger partial charge in [0, 0.05) is 9.50 Å². The molecular weight excluding hydrogens is 335 g/mol. The first-order chi connectivity index (χ1) is 8.60. The van der Waals surface area contributed by atoms with E-state index in [1.165, 1.54) is 0 Å². The van der Waals surface area contributed by atoms with E-state index >= 15 is 0 Å². The Morgan fingerprint density at radius 3 is 2.56 bits per heavy atom. The van der Waals surface area contributed by atoms with E-state index in [1.54, 1.807) is 30.3 Å². The summed E-state index contributed by atoms with van der Waals surface area (Å²) in [5.41, 5.74) is 1.88. The number of hydrogen-bond donors (Lipinski definition) is 1. The third kappa shape index (κ3) is 2.97. The van der Waals surface area contributed by atoms with Gasteiger partial charge in [-0.25, -0.2) is 0 Å².